The molecule has 1 heterocycles. The van der Waals surface area contributed by atoms with Crippen LogP contribution in [-0.2, 0) is 12.4 Å². The van der Waals surface area contributed by atoms with Crippen molar-refractivity contribution >= 4 is 11.7 Å². The quantitative estimate of drug-likeness (QED) is 0.450. The van der Waals surface area contributed by atoms with Crippen LogP contribution in [0.3, 0.4) is 0 Å². The molecule has 32 heavy (non-hydrogen) atoms. The van der Waals surface area contributed by atoms with Crippen LogP contribution >= 0.6 is 0 Å². The molecular formula is C22H19F6NO3. The first-order valence-corrected chi connectivity index (χ1v) is 9.67. The Hall–Kier alpha value is -3.04. The summed E-state index contributed by atoms with van der Waals surface area (Å²) in [5, 5.41) is 0. The van der Waals surface area contributed by atoms with Crippen molar-refractivity contribution in [1.82, 2.24) is 4.90 Å². The maximum atomic E-state index is 13.1. The number of ether oxygens (including phenoxy) is 1. The van der Waals surface area contributed by atoms with Gasteiger partial charge in [0.05, 0.1) is 18.2 Å². The molecule has 0 saturated carbocycles. The first-order chi connectivity index (χ1) is 14.9. The molecule has 0 bridgehead atoms. The molecule has 0 atom stereocenters. The molecule has 1 saturated heterocycles. The van der Waals surface area contributed by atoms with Crippen LogP contribution in [0.5, 0.6) is 5.75 Å². The summed E-state index contributed by atoms with van der Waals surface area (Å²) in [5.41, 5.74) is -3.31. The minimum Gasteiger partial charge on any atom is -0.497 e. The number of benzene rings is 2. The van der Waals surface area contributed by atoms with Crippen LogP contribution in [0.2, 0.25) is 0 Å². The van der Waals surface area contributed by atoms with Crippen molar-refractivity contribution in [3.05, 3.63) is 64.7 Å². The normalized spacial score (nSPS) is 15.5. The molecule has 0 radical (unpaired) electrons. The van der Waals surface area contributed by atoms with Crippen LogP contribution in [0.15, 0.2) is 42.5 Å². The molecule has 0 aliphatic carbocycles. The molecule has 2 aromatic carbocycles. The van der Waals surface area contributed by atoms with Gasteiger partial charge in [-0.1, -0.05) is 0 Å². The van der Waals surface area contributed by atoms with E-state index >= 15 is 0 Å². The molecule has 1 fully saturated rings. The Bertz CT molecular complexity index is 958. The highest BCUT2D eigenvalue weighted by Crippen LogP contribution is 2.37. The zero-order valence-corrected chi connectivity index (χ0v) is 16.9. The smallest absolute Gasteiger partial charge is 0.416 e. The van der Waals surface area contributed by atoms with Crippen molar-refractivity contribution in [3.8, 4) is 5.75 Å². The monoisotopic (exact) mass is 459 g/mol. The summed E-state index contributed by atoms with van der Waals surface area (Å²) < 4.78 is 83.4. The number of hydrogen-bond acceptors (Lipinski definition) is 3. The minimum atomic E-state index is -5.03. The Morgan fingerprint density at radius 2 is 1.34 bits per heavy atom. The Kier molecular flexibility index (Phi) is 6.52. The Morgan fingerprint density at radius 1 is 0.844 bits per heavy atom. The summed E-state index contributed by atoms with van der Waals surface area (Å²) >= 11 is 0. The summed E-state index contributed by atoms with van der Waals surface area (Å²) in [7, 11) is 1.49. The number of alkyl halides is 6. The second-order valence-electron chi connectivity index (χ2n) is 7.45. The highest BCUT2D eigenvalue weighted by molar-refractivity contribution is 5.98. The fraction of sp³-hybridized carbons (Fsp3) is 0.364. The van der Waals surface area contributed by atoms with Gasteiger partial charge in [-0.15, -0.1) is 0 Å². The third kappa shape index (κ3) is 5.23. The standard InChI is InChI=1S/C22H19F6NO3/c1-32-18-4-2-13(3-5-18)19(30)14-6-8-29(9-7-14)20(31)15-10-16(21(23,24)25)12-17(11-15)22(26,27)28/h2-5,10-12,14H,6-9H2,1H3. The molecule has 0 N–H and O–H groups in total. The summed E-state index contributed by atoms with van der Waals surface area (Å²) in [6.45, 7) is 0.0893. The number of methoxy groups -OCH3 is 1. The van der Waals surface area contributed by atoms with Gasteiger partial charge in [-0.3, -0.25) is 9.59 Å². The van der Waals surface area contributed by atoms with E-state index < -0.39 is 40.9 Å². The van der Waals surface area contributed by atoms with Crippen LogP contribution in [0.4, 0.5) is 26.3 Å². The molecule has 4 nitrogen and oxygen atoms in total. The lowest BCUT2D eigenvalue weighted by Gasteiger charge is -2.31. The van der Waals surface area contributed by atoms with Gasteiger partial charge in [0.25, 0.3) is 5.91 Å². The van der Waals surface area contributed by atoms with Crippen molar-refractivity contribution in [2.75, 3.05) is 20.2 Å². The number of nitrogens with zero attached hydrogens (tertiary/aromatic N) is 1. The number of carbonyl (C=O) groups excluding carboxylic acids is 2. The molecule has 0 unspecified atom stereocenters. The first-order valence-electron chi connectivity index (χ1n) is 9.67. The minimum absolute atomic E-state index is 0.0173. The number of piperidine rings is 1. The van der Waals surface area contributed by atoms with E-state index in [0.717, 1.165) is 0 Å². The van der Waals surface area contributed by atoms with Gasteiger partial charge in [0.15, 0.2) is 5.78 Å². The average Bonchev–Trinajstić information content (AvgIpc) is 2.77. The molecule has 0 aromatic heterocycles. The van der Waals surface area contributed by atoms with Crippen molar-refractivity contribution in [1.29, 1.82) is 0 Å². The summed E-state index contributed by atoms with van der Waals surface area (Å²) in [4.78, 5) is 26.5. The fourth-order valence-electron chi connectivity index (χ4n) is 3.60. The zero-order valence-electron chi connectivity index (χ0n) is 16.9. The van der Waals surface area contributed by atoms with Crippen LogP contribution in [-0.4, -0.2) is 36.8 Å². The largest absolute Gasteiger partial charge is 0.497 e. The van der Waals surface area contributed by atoms with E-state index in [2.05, 4.69) is 0 Å². The predicted octanol–water partition coefficient (Wildman–Crippen LogP) is 5.47. The zero-order chi connectivity index (χ0) is 23.7. The van der Waals surface area contributed by atoms with Crippen LogP contribution in [0.25, 0.3) is 0 Å². The summed E-state index contributed by atoms with van der Waals surface area (Å²) in [6, 6.07) is 7.32. The first kappa shape index (κ1) is 23.6. The number of likely N-dealkylation sites (tertiary alicyclic amines) is 1. The predicted molar refractivity (Wildman–Crippen MR) is 102 cm³/mol. The van der Waals surface area contributed by atoms with E-state index in [1.807, 2.05) is 0 Å². The number of hydrogen-bond donors (Lipinski definition) is 0. The lowest BCUT2D eigenvalue weighted by molar-refractivity contribution is -0.143. The lowest BCUT2D eigenvalue weighted by Crippen LogP contribution is -2.40. The van der Waals surface area contributed by atoms with Gasteiger partial charge in [0.1, 0.15) is 5.75 Å². The molecule has 0 spiro atoms. The van der Waals surface area contributed by atoms with E-state index in [4.69, 9.17) is 4.74 Å². The second kappa shape index (κ2) is 8.84. The highest BCUT2D eigenvalue weighted by atomic mass is 19.4. The van der Waals surface area contributed by atoms with Crippen molar-refractivity contribution in [3.63, 3.8) is 0 Å². The van der Waals surface area contributed by atoms with Gasteiger partial charge in [0, 0.05) is 30.1 Å². The van der Waals surface area contributed by atoms with Gasteiger partial charge in [-0.05, 0) is 55.3 Å². The van der Waals surface area contributed by atoms with E-state index in [1.54, 1.807) is 24.3 Å². The van der Waals surface area contributed by atoms with Gasteiger partial charge in [0.2, 0.25) is 0 Å². The molecule has 1 aliphatic rings. The molecule has 3 rings (SSSR count). The number of carbonyl (C=O) groups is 2. The third-order valence-electron chi connectivity index (χ3n) is 5.36. The van der Waals surface area contributed by atoms with Crippen LogP contribution < -0.4 is 4.74 Å². The molecule has 10 heteroatoms. The molecule has 1 aliphatic heterocycles. The maximum Gasteiger partial charge on any atom is 0.416 e. The van der Waals surface area contributed by atoms with Crippen LogP contribution in [0.1, 0.15) is 44.7 Å². The van der Waals surface area contributed by atoms with E-state index in [9.17, 15) is 35.9 Å². The van der Waals surface area contributed by atoms with Crippen molar-refractivity contribution < 1.29 is 40.7 Å². The third-order valence-corrected chi connectivity index (χ3v) is 5.36. The summed E-state index contributed by atoms with van der Waals surface area (Å²) in [5.74, 6) is -0.893. The van der Waals surface area contributed by atoms with Gasteiger partial charge in [-0.2, -0.15) is 26.3 Å². The number of rotatable bonds is 4. The molecular weight excluding hydrogens is 440 g/mol. The SMILES string of the molecule is COc1ccc(C(=O)C2CCN(C(=O)c3cc(C(F)(F)F)cc(C(F)(F)F)c3)CC2)cc1. The van der Waals surface area contributed by atoms with Crippen molar-refractivity contribution in [2.45, 2.75) is 25.2 Å². The Morgan fingerprint density at radius 3 is 1.78 bits per heavy atom. The number of ketones is 1. The Balaban J connectivity index is 1.74. The summed E-state index contributed by atoms with van der Waals surface area (Å²) in [6.07, 6.45) is -9.56. The average molecular weight is 459 g/mol. The molecule has 1 amide bonds. The van der Waals surface area contributed by atoms with Crippen LogP contribution in [0, 0.1) is 5.92 Å². The van der Waals surface area contributed by atoms with Gasteiger partial charge < -0.3 is 9.64 Å². The number of Topliss-reactive ketones (excluding diaryl/α,β-unsaturated/α-hetero) is 1. The molecule has 2 aromatic rings. The highest BCUT2D eigenvalue weighted by Gasteiger charge is 2.38. The lowest BCUT2D eigenvalue weighted by atomic mass is 9.88. The van der Waals surface area contributed by atoms with E-state index in [0.29, 0.717) is 23.4 Å². The topological polar surface area (TPSA) is 46.6 Å². The number of halogens is 6. The molecule has 172 valence electrons. The van der Waals surface area contributed by atoms with Crippen molar-refractivity contribution in [2.24, 2.45) is 5.92 Å². The Labute approximate surface area is 179 Å². The fourth-order valence-corrected chi connectivity index (χ4v) is 3.60. The van der Waals surface area contributed by atoms with E-state index in [1.165, 1.54) is 12.0 Å². The number of amides is 1. The van der Waals surface area contributed by atoms with Gasteiger partial charge in [-0.25, -0.2) is 0 Å². The van der Waals surface area contributed by atoms with E-state index in [-0.39, 0.29) is 37.8 Å². The maximum absolute atomic E-state index is 13.1. The van der Waals surface area contributed by atoms with Gasteiger partial charge >= 0.3 is 12.4 Å². The second-order valence-corrected chi connectivity index (χ2v) is 7.45.